The fraction of sp³-hybridized carbons (Fsp3) is 0.211. The highest BCUT2D eigenvalue weighted by atomic mass is 16.5. The number of carbonyl (C=O) groups excluding carboxylic acids is 3. The molecule has 0 radical (unpaired) electrons. The third kappa shape index (κ3) is 5.41. The number of ketones is 1. The van der Waals surface area contributed by atoms with Crippen molar-refractivity contribution < 1.29 is 23.9 Å². The zero-order chi connectivity index (χ0) is 18.1. The van der Waals surface area contributed by atoms with Crippen LogP contribution in [0, 0.1) is 0 Å². The summed E-state index contributed by atoms with van der Waals surface area (Å²) >= 11 is 0. The van der Waals surface area contributed by atoms with Gasteiger partial charge in [0.2, 0.25) is 6.08 Å². The zero-order valence-electron chi connectivity index (χ0n) is 13.7. The van der Waals surface area contributed by atoms with E-state index in [1.54, 1.807) is 48.5 Å². The average molecular weight is 339 g/mol. The van der Waals surface area contributed by atoms with Crippen molar-refractivity contribution in [1.29, 1.82) is 0 Å². The van der Waals surface area contributed by atoms with Gasteiger partial charge in [0.05, 0.1) is 19.4 Å². The van der Waals surface area contributed by atoms with E-state index in [4.69, 9.17) is 4.74 Å². The Bertz CT molecular complexity index is 774. The van der Waals surface area contributed by atoms with Crippen molar-refractivity contribution in [3.8, 4) is 5.75 Å². The number of ether oxygens (including phenoxy) is 2. The van der Waals surface area contributed by atoms with Crippen molar-refractivity contribution in [2.75, 3.05) is 13.7 Å². The van der Waals surface area contributed by atoms with Crippen LogP contribution < -0.4 is 4.74 Å². The molecule has 2 aromatic carbocycles. The Hall–Kier alpha value is -3.24. The summed E-state index contributed by atoms with van der Waals surface area (Å²) in [6.07, 6.45) is 2.31. The Kier molecular flexibility index (Phi) is 6.63. The molecule has 0 aromatic heterocycles. The smallest absolute Gasteiger partial charge is 0.305 e. The summed E-state index contributed by atoms with van der Waals surface area (Å²) in [4.78, 5) is 37.1. The maximum atomic E-state index is 12.4. The number of esters is 1. The van der Waals surface area contributed by atoms with E-state index in [2.05, 4.69) is 9.73 Å². The van der Waals surface area contributed by atoms with Crippen LogP contribution in [0.25, 0.3) is 0 Å². The molecule has 0 atom stereocenters. The number of hydrogen-bond acceptors (Lipinski definition) is 6. The molecule has 0 heterocycles. The maximum absolute atomic E-state index is 12.4. The first-order chi connectivity index (χ1) is 12.1. The lowest BCUT2D eigenvalue weighted by atomic mass is 10.0. The van der Waals surface area contributed by atoms with Gasteiger partial charge in [0.15, 0.2) is 5.78 Å². The second-order valence-corrected chi connectivity index (χ2v) is 5.13. The Morgan fingerprint density at radius 1 is 1.00 bits per heavy atom. The molecule has 0 spiro atoms. The Balaban J connectivity index is 1.93. The predicted molar refractivity (Wildman–Crippen MR) is 90.8 cm³/mol. The van der Waals surface area contributed by atoms with Crippen molar-refractivity contribution in [1.82, 2.24) is 0 Å². The maximum Gasteiger partial charge on any atom is 0.305 e. The first kappa shape index (κ1) is 18.1. The number of carbonyl (C=O) groups is 2. The van der Waals surface area contributed by atoms with Crippen LogP contribution in [0.4, 0.5) is 5.69 Å². The molecular formula is C19H17NO5. The Labute approximate surface area is 145 Å². The minimum absolute atomic E-state index is 0.140. The van der Waals surface area contributed by atoms with Crippen molar-refractivity contribution >= 4 is 23.5 Å². The topological polar surface area (TPSA) is 82.0 Å². The van der Waals surface area contributed by atoms with Crippen molar-refractivity contribution in [2.45, 2.75) is 12.8 Å². The van der Waals surface area contributed by atoms with Crippen LogP contribution in [-0.2, 0) is 14.3 Å². The van der Waals surface area contributed by atoms with E-state index < -0.39 is 0 Å². The molecule has 25 heavy (non-hydrogen) atoms. The minimum atomic E-state index is -0.269. The molecule has 0 bridgehead atoms. The number of nitrogens with zero attached hydrogens (tertiary/aromatic N) is 1. The van der Waals surface area contributed by atoms with E-state index in [1.165, 1.54) is 13.2 Å². The lowest BCUT2D eigenvalue weighted by Gasteiger charge is -2.07. The molecular weight excluding hydrogens is 322 g/mol. The van der Waals surface area contributed by atoms with Crippen LogP contribution in [0.1, 0.15) is 28.8 Å². The van der Waals surface area contributed by atoms with Gasteiger partial charge in [-0.05, 0) is 55.0 Å². The van der Waals surface area contributed by atoms with Crippen LogP contribution in [0.3, 0.4) is 0 Å². The summed E-state index contributed by atoms with van der Waals surface area (Å²) in [5, 5.41) is 0. The highest BCUT2D eigenvalue weighted by molar-refractivity contribution is 6.09. The lowest BCUT2D eigenvalue weighted by Crippen LogP contribution is -2.05. The van der Waals surface area contributed by atoms with Crippen molar-refractivity contribution in [3.05, 3.63) is 59.7 Å². The Morgan fingerprint density at radius 3 is 2.16 bits per heavy atom. The molecule has 0 N–H and O–H groups in total. The van der Waals surface area contributed by atoms with E-state index in [1.807, 2.05) is 0 Å². The van der Waals surface area contributed by atoms with Gasteiger partial charge in [0, 0.05) is 17.5 Å². The standard InChI is InChI=1S/C19H17NO5/c1-24-18(22)3-2-12-25-17-10-6-15(7-11-17)19(23)14-4-8-16(9-5-14)20-13-21/h4-11H,2-3,12H2,1H3. The van der Waals surface area contributed by atoms with Crippen LogP contribution in [0.2, 0.25) is 0 Å². The number of aliphatic imine (C=N–C) groups is 1. The summed E-state index contributed by atoms with van der Waals surface area (Å²) in [6.45, 7) is 0.390. The van der Waals surface area contributed by atoms with Crippen LogP contribution in [-0.4, -0.2) is 31.5 Å². The summed E-state index contributed by atoms with van der Waals surface area (Å²) in [5.74, 6) is 0.213. The highest BCUT2D eigenvalue weighted by Gasteiger charge is 2.09. The SMILES string of the molecule is COC(=O)CCCOc1ccc(C(=O)c2ccc(N=C=O)cc2)cc1. The predicted octanol–water partition coefficient (Wildman–Crippen LogP) is 3.22. The van der Waals surface area contributed by atoms with Crippen molar-refractivity contribution in [2.24, 2.45) is 4.99 Å². The second kappa shape index (κ2) is 9.15. The van der Waals surface area contributed by atoms with Crippen LogP contribution >= 0.6 is 0 Å². The fourth-order valence-corrected chi connectivity index (χ4v) is 2.12. The van der Waals surface area contributed by atoms with Gasteiger partial charge in [-0.1, -0.05) is 0 Å². The molecule has 0 saturated carbocycles. The minimum Gasteiger partial charge on any atom is -0.494 e. The summed E-state index contributed by atoms with van der Waals surface area (Å²) in [7, 11) is 1.35. The quantitative estimate of drug-likeness (QED) is 0.242. The third-order valence-corrected chi connectivity index (χ3v) is 3.44. The number of hydrogen-bond donors (Lipinski definition) is 0. The second-order valence-electron chi connectivity index (χ2n) is 5.13. The van der Waals surface area contributed by atoms with Gasteiger partial charge in [0.25, 0.3) is 0 Å². The third-order valence-electron chi connectivity index (χ3n) is 3.44. The van der Waals surface area contributed by atoms with E-state index in [0.29, 0.717) is 42.0 Å². The van der Waals surface area contributed by atoms with Gasteiger partial charge in [-0.3, -0.25) is 9.59 Å². The molecule has 2 aromatic rings. The van der Waals surface area contributed by atoms with Crippen LogP contribution in [0.15, 0.2) is 53.5 Å². The monoisotopic (exact) mass is 339 g/mol. The first-order valence-corrected chi connectivity index (χ1v) is 7.66. The fourth-order valence-electron chi connectivity index (χ4n) is 2.12. The zero-order valence-corrected chi connectivity index (χ0v) is 13.7. The first-order valence-electron chi connectivity index (χ1n) is 7.66. The summed E-state index contributed by atoms with van der Waals surface area (Å²) < 4.78 is 10.1. The molecule has 2 rings (SSSR count). The molecule has 6 heteroatoms. The van der Waals surface area contributed by atoms with E-state index in [0.717, 1.165) is 0 Å². The molecule has 0 saturated heterocycles. The normalized spacial score (nSPS) is 9.80. The van der Waals surface area contributed by atoms with E-state index >= 15 is 0 Å². The number of methoxy groups -OCH3 is 1. The average Bonchev–Trinajstić information content (AvgIpc) is 2.66. The Morgan fingerprint density at radius 2 is 1.60 bits per heavy atom. The van der Waals surface area contributed by atoms with Gasteiger partial charge >= 0.3 is 5.97 Å². The lowest BCUT2D eigenvalue weighted by molar-refractivity contribution is -0.140. The summed E-state index contributed by atoms with van der Waals surface area (Å²) in [6, 6.07) is 13.1. The number of benzene rings is 2. The van der Waals surface area contributed by atoms with Gasteiger partial charge in [-0.25, -0.2) is 4.79 Å². The van der Waals surface area contributed by atoms with Crippen LogP contribution in [0.5, 0.6) is 5.75 Å². The van der Waals surface area contributed by atoms with E-state index in [9.17, 15) is 14.4 Å². The molecule has 0 aliphatic rings. The van der Waals surface area contributed by atoms with Gasteiger partial charge in [-0.15, -0.1) is 0 Å². The molecule has 6 nitrogen and oxygen atoms in total. The molecule has 0 aliphatic heterocycles. The van der Waals surface area contributed by atoms with Crippen molar-refractivity contribution in [3.63, 3.8) is 0 Å². The van der Waals surface area contributed by atoms with E-state index in [-0.39, 0.29) is 11.8 Å². The molecule has 128 valence electrons. The van der Waals surface area contributed by atoms with Gasteiger partial charge in [0.1, 0.15) is 5.75 Å². The molecule has 0 unspecified atom stereocenters. The van der Waals surface area contributed by atoms with Gasteiger partial charge < -0.3 is 9.47 Å². The molecule has 0 aliphatic carbocycles. The highest BCUT2D eigenvalue weighted by Crippen LogP contribution is 2.18. The largest absolute Gasteiger partial charge is 0.494 e. The molecule has 0 amide bonds. The number of rotatable bonds is 8. The number of isocyanates is 1. The summed E-state index contributed by atoms with van der Waals surface area (Å²) in [5.41, 5.74) is 1.47. The molecule has 0 fully saturated rings. The van der Waals surface area contributed by atoms with Gasteiger partial charge in [-0.2, -0.15) is 4.99 Å².